The zero-order valence-electron chi connectivity index (χ0n) is 16.1. The molecule has 1 aromatic carbocycles. The summed E-state index contributed by atoms with van der Waals surface area (Å²) in [5.74, 6) is -0.745. The Morgan fingerprint density at radius 1 is 1.25 bits per heavy atom. The molecule has 1 N–H and O–H groups in total. The van der Waals surface area contributed by atoms with E-state index in [2.05, 4.69) is 34.5 Å². The maximum Gasteiger partial charge on any atom is 0.344 e. The minimum Gasteiger partial charge on any atom is -0.449 e. The Morgan fingerprint density at radius 3 is 2.57 bits per heavy atom. The third-order valence-corrected chi connectivity index (χ3v) is 5.04. The molecule has 0 saturated carbocycles. The van der Waals surface area contributed by atoms with Crippen LogP contribution in [0.1, 0.15) is 41.2 Å². The molecule has 0 aliphatic rings. The molecule has 0 aliphatic heterocycles. The number of ether oxygens (including phenoxy) is 1. The minimum absolute atomic E-state index is 0.242. The molecule has 0 bridgehead atoms. The van der Waals surface area contributed by atoms with Gasteiger partial charge in [-0.2, -0.15) is 0 Å². The molecule has 146 valence electrons. The summed E-state index contributed by atoms with van der Waals surface area (Å²) in [5.41, 5.74) is 3.68. The summed E-state index contributed by atoms with van der Waals surface area (Å²) in [6.07, 6.45) is -0.0131. The van der Waals surface area contributed by atoms with Crippen molar-refractivity contribution in [2.45, 2.75) is 40.2 Å². The number of carbonyl (C=O) groups is 2. The molecular formula is C20H21N3O4S. The molecule has 8 heteroatoms. The second kappa shape index (κ2) is 8.35. The minimum atomic E-state index is -0.989. The van der Waals surface area contributed by atoms with Crippen LogP contribution in [0.5, 0.6) is 0 Å². The number of aromatic nitrogens is 2. The Balaban J connectivity index is 1.62. The second-order valence-electron chi connectivity index (χ2n) is 6.32. The molecule has 2 aromatic heterocycles. The number of aryl methyl sites for hydroxylation is 3. The monoisotopic (exact) mass is 399 g/mol. The van der Waals surface area contributed by atoms with Crippen molar-refractivity contribution in [3.8, 4) is 11.3 Å². The van der Waals surface area contributed by atoms with Gasteiger partial charge in [0, 0.05) is 10.9 Å². The predicted molar refractivity (Wildman–Crippen MR) is 106 cm³/mol. The van der Waals surface area contributed by atoms with Crippen molar-refractivity contribution >= 4 is 28.3 Å². The number of nitrogens with one attached hydrogen (secondary N) is 1. The summed E-state index contributed by atoms with van der Waals surface area (Å²) in [7, 11) is 0. The van der Waals surface area contributed by atoms with E-state index in [-0.39, 0.29) is 5.56 Å². The molecule has 1 amide bonds. The van der Waals surface area contributed by atoms with Crippen molar-refractivity contribution < 1.29 is 18.8 Å². The van der Waals surface area contributed by atoms with Crippen LogP contribution in [0.2, 0.25) is 0 Å². The zero-order valence-corrected chi connectivity index (χ0v) is 16.9. The van der Waals surface area contributed by atoms with E-state index in [9.17, 15) is 9.59 Å². The quantitative estimate of drug-likeness (QED) is 0.626. The van der Waals surface area contributed by atoms with Crippen molar-refractivity contribution in [3.63, 3.8) is 0 Å². The standard InChI is InChI=1S/C20H21N3O4S/c1-5-14-6-8-15(9-7-14)16-10-28-20(21-16)22-18(24)13(4)26-19(25)17-11(2)23-27-12(17)3/h6-10,13H,5H2,1-4H3,(H,21,22,24). The van der Waals surface area contributed by atoms with E-state index in [4.69, 9.17) is 9.26 Å². The van der Waals surface area contributed by atoms with Gasteiger partial charge in [0.15, 0.2) is 11.2 Å². The van der Waals surface area contributed by atoms with E-state index >= 15 is 0 Å². The van der Waals surface area contributed by atoms with Crippen molar-refractivity contribution in [1.29, 1.82) is 0 Å². The molecule has 1 unspecified atom stereocenters. The van der Waals surface area contributed by atoms with Crippen LogP contribution in [0.4, 0.5) is 5.13 Å². The topological polar surface area (TPSA) is 94.3 Å². The number of esters is 1. The molecule has 3 aromatic rings. The van der Waals surface area contributed by atoms with Crippen LogP contribution in [-0.4, -0.2) is 28.1 Å². The van der Waals surface area contributed by atoms with Gasteiger partial charge in [0.1, 0.15) is 11.3 Å². The Kier molecular flexibility index (Phi) is 5.89. The van der Waals surface area contributed by atoms with Crippen LogP contribution in [0.3, 0.4) is 0 Å². The highest BCUT2D eigenvalue weighted by Gasteiger charge is 2.24. The maximum absolute atomic E-state index is 12.4. The van der Waals surface area contributed by atoms with Crippen molar-refractivity contribution in [3.05, 3.63) is 52.2 Å². The highest BCUT2D eigenvalue weighted by Crippen LogP contribution is 2.25. The number of amides is 1. The van der Waals surface area contributed by atoms with Crippen molar-refractivity contribution in [2.24, 2.45) is 0 Å². The summed E-state index contributed by atoms with van der Waals surface area (Å²) in [5, 5.41) is 8.72. The van der Waals surface area contributed by atoms with Gasteiger partial charge in [0.2, 0.25) is 0 Å². The van der Waals surface area contributed by atoms with Gasteiger partial charge < -0.3 is 9.26 Å². The van der Waals surface area contributed by atoms with Crippen molar-refractivity contribution in [1.82, 2.24) is 10.1 Å². The third-order valence-electron chi connectivity index (χ3n) is 4.28. The first-order valence-corrected chi connectivity index (χ1v) is 9.76. The summed E-state index contributed by atoms with van der Waals surface area (Å²) in [4.78, 5) is 29.0. The molecule has 28 heavy (non-hydrogen) atoms. The van der Waals surface area contributed by atoms with Crippen LogP contribution >= 0.6 is 11.3 Å². The second-order valence-corrected chi connectivity index (χ2v) is 7.18. The smallest absolute Gasteiger partial charge is 0.344 e. The molecule has 2 heterocycles. The van der Waals surface area contributed by atoms with E-state index < -0.39 is 18.0 Å². The van der Waals surface area contributed by atoms with Gasteiger partial charge in [-0.3, -0.25) is 10.1 Å². The van der Waals surface area contributed by atoms with Gasteiger partial charge in [-0.05, 0) is 32.8 Å². The van der Waals surface area contributed by atoms with Crippen LogP contribution < -0.4 is 5.32 Å². The Bertz CT molecular complexity index is 972. The first kappa shape index (κ1) is 19.8. The fourth-order valence-corrected chi connectivity index (χ4v) is 3.35. The van der Waals surface area contributed by atoms with Gasteiger partial charge in [0.05, 0.1) is 11.4 Å². The number of anilines is 1. The summed E-state index contributed by atoms with van der Waals surface area (Å²) in [6, 6.07) is 8.13. The average molecular weight is 399 g/mol. The molecular weight excluding hydrogens is 378 g/mol. The SMILES string of the molecule is CCc1ccc(-c2csc(NC(=O)C(C)OC(=O)c3c(C)noc3C)n2)cc1. The fraction of sp³-hybridized carbons (Fsp3) is 0.300. The lowest BCUT2D eigenvalue weighted by Crippen LogP contribution is -2.30. The molecule has 7 nitrogen and oxygen atoms in total. The first-order chi connectivity index (χ1) is 13.4. The molecule has 0 fully saturated rings. The Labute approximate surface area is 166 Å². The highest BCUT2D eigenvalue weighted by molar-refractivity contribution is 7.14. The number of benzene rings is 1. The van der Waals surface area contributed by atoms with E-state index in [0.717, 1.165) is 17.7 Å². The summed E-state index contributed by atoms with van der Waals surface area (Å²) >= 11 is 1.31. The predicted octanol–water partition coefficient (Wildman–Crippen LogP) is 4.16. The molecule has 0 spiro atoms. The van der Waals surface area contributed by atoms with Crippen LogP contribution in [-0.2, 0) is 16.0 Å². The van der Waals surface area contributed by atoms with Gasteiger partial charge in [-0.1, -0.05) is 36.3 Å². The molecule has 0 aliphatic carbocycles. The van der Waals surface area contributed by atoms with Gasteiger partial charge in [-0.15, -0.1) is 11.3 Å². The van der Waals surface area contributed by atoms with Crippen molar-refractivity contribution in [2.75, 3.05) is 5.32 Å². The largest absolute Gasteiger partial charge is 0.449 e. The number of rotatable bonds is 6. The number of nitrogens with zero attached hydrogens (tertiary/aromatic N) is 2. The van der Waals surface area contributed by atoms with Gasteiger partial charge >= 0.3 is 5.97 Å². The van der Waals surface area contributed by atoms with Gasteiger partial charge in [0.25, 0.3) is 5.91 Å². The maximum atomic E-state index is 12.4. The number of hydrogen-bond acceptors (Lipinski definition) is 7. The third kappa shape index (κ3) is 4.28. The van der Waals surface area contributed by atoms with E-state index in [1.807, 2.05) is 17.5 Å². The van der Waals surface area contributed by atoms with E-state index in [1.165, 1.54) is 23.8 Å². The lowest BCUT2D eigenvalue weighted by molar-refractivity contribution is -0.123. The van der Waals surface area contributed by atoms with Crippen LogP contribution in [0.15, 0.2) is 34.2 Å². The normalized spacial score (nSPS) is 11.9. The van der Waals surface area contributed by atoms with E-state index in [1.54, 1.807) is 13.8 Å². The Hall–Kier alpha value is -3.00. The molecule has 1 atom stereocenters. The van der Waals surface area contributed by atoms with E-state index in [0.29, 0.717) is 16.6 Å². The number of thiazole rings is 1. The summed E-state index contributed by atoms with van der Waals surface area (Å²) in [6.45, 7) is 6.86. The Morgan fingerprint density at radius 2 is 1.96 bits per heavy atom. The van der Waals surface area contributed by atoms with Gasteiger partial charge in [-0.25, -0.2) is 9.78 Å². The first-order valence-electron chi connectivity index (χ1n) is 8.88. The lowest BCUT2D eigenvalue weighted by atomic mass is 10.1. The molecule has 0 radical (unpaired) electrons. The number of carbonyl (C=O) groups excluding carboxylic acids is 2. The summed E-state index contributed by atoms with van der Waals surface area (Å²) < 4.78 is 10.2. The molecule has 3 rings (SSSR count). The average Bonchev–Trinajstić information content (AvgIpc) is 3.28. The zero-order chi connectivity index (χ0) is 20.3. The highest BCUT2D eigenvalue weighted by atomic mass is 32.1. The van der Waals surface area contributed by atoms with Crippen LogP contribution in [0.25, 0.3) is 11.3 Å². The van der Waals surface area contributed by atoms with Crippen LogP contribution in [0, 0.1) is 13.8 Å². The molecule has 0 saturated heterocycles. The lowest BCUT2D eigenvalue weighted by Gasteiger charge is -2.12. The fourth-order valence-electron chi connectivity index (χ4n) is 2.63. The number of hydrogen-bond donors (Lipinski definition) is 1.